The van der Waals surface area contributed by atoms with Crippen LogP contribution in [0.5, 0.6) is 0 Å². The first-order valence-electron chi connectivity index (χ1n) is 5.64. The number of hydrogen-bond donors (Lipinski definition) is 2. The van der Waals surface area contributed by atoms with Crippen LogP contribution in [0.3, 0.4) is 0 Å². The number of benzene rings is 1. The molecule has 1 aromatic heterocycles. The van der Waals surface area contributed by atoms with Crippen molar-refractivity contribution in [3.8, 4) is 0 Å². The van der Waals surface area contributed by atoms with E-state index in [-0.39, 0.29) is 11.4 Å². The van der Waals surface area contributed by atoms with Gasteiger partial charge < -0.3 is 11.1 Å². The van der Waals surface area contributed by atoms with E-state index in [0.717, 1.165) is 18.2 Å². The number of halogens is 4. The van der Waals surface area contributed by atoms with Crippen LogP contribution < -0.4 is 11.1 Å². The van der Waals surface area contributed by atoms with E-state index in [1.165, 1.54) is 12.3 Å². The van der Waals surface area contributed by atoms with Crippen molar-refractivity contribution >= 4 is 17.2 Å². The second-order valence-corrected chi connectivity index (χ2v) is 4.19. The summed E-state index contributed by atoms with van der Waals surface area (Å²) in [6, 6.07) is 4.25. The monoisotopic (exact) mass is 285 g/mol. The number of hydrogen-bond acceptors (Lipinski definition) is 3. The predicted octanol–water partition coefficient (Wildman–Crippen LogP) is 3.87. The van der Waals surface area contributed by atoms with Gasteiger partial charge in [0.05, 0.1) is 5.56 Å². The number of nitrogens with two attached hydrogens (primary N) is 1. The molecule has 3 nitrogen and oxygen atoms in total. The highest BCUT2D eigenvalue weighted by Crippen LogP contribution is 2.35. The zero-order valence-electron chi connectivity index (χ0n) is 10.4. The number of aromatic nitrogens is 1. The number of nitrogen functional groups attached to an aromatic ring is 1. The van der Waals surface area contributed by atoms with Crippen LogP contribution in [0.15, 0.2) is 30.5 Å². The van der Waals surface area contributed by atoms with E-state index in [2.05, 4.69) is 10.3 Å². The molecule has 2 aromatic rings. The van der Waals surface area contributed by atoms with Gasteiger partial charge in [-0.05, 0) is 36.8 Å². The molecule has 1 aromatic carbocycles. The van der Waals surface area contributed by atoms with Crippen LogP contribution in [0.25, 0.3) is 0 Å². The van der Waals surface area contributed by atoms with E-state index in [1.807, 2.05) is 0 Å². The number of nitrogens with one attached hydrogen (secondary N) is 1. The Bertz CT molecular complexity index is 638. The van der Waals surface area contributed by atoms with Crippen LogP contribution >= 0.6 is 0 Å². The highest BCUT2D eigenvalue weighted by atomic mass is 19.4. The molecule has 0 aliphatic heterocycles. The summed E-state index contributed by atoms with van der Waals surface area (Å²) in [5.74, 6) is -1.03. The van der Waals surface area contributed by atoms with Gasteiger partial charge in [0.15, 0.2) is 0 Å². The van der Waals surface area contributed by atoms with Gasteiger partial charge in [0.2, 0.25) is 0 Å². The molecule has 2 rings (SSSR count). The number of anilines is 3. The summed E-state index contributed by atoms with van der Waals surface area (Å²) in [4.78, 5) is 3.65. The summed E-state index contributed by atoms with van der Waals surface area (Å²) < 4.78 is 51.8. The fourth-order valence-electron chi connectivity index (χ4n) is 1.69. The third-order valence-electron chi connectivity index (χ3n) is 2.78. The Morgan fingerprint density at radius 1 is 1.25 bits per heavy atom. The van der Waals surface area contributed by atoms with Crippen LogP contribution in [-0.2, 0) is 6.18 Å². The third-order valence-corrected chi connectivity index (χ3v) is 2.78. The van der Waals surface area contributed by atoms with Gasteiger partial charge >= 0.3 is 6.18 Å². The van der Waals surface area contributed by atoms with E-state index in [0.29, 0.717) is 5.56 Å². The van der Waals surface area contributed by atoms with Crippen LogP contribution in [0.4, 0.5) is 34.8 Å². The molecular formula is C13H11F4N3. The van der Waals surface area contributed by atoms with Gasteiger partial charge in [0, 0.05) is 17.6 Å². The van der Waals surface area contributed by atoms with Crippen LogP contribution in [0.2, 0.25) is 0 Å². The van der Waals surface area contributed by atoms with Crippen molar-refractivity contribution in [1.29, 1.82) is 0 Å². The molecule has 3 N–H and O–H groups in total. The summed E-state index contributed by atoms with van der Waals surface area (Å²) in [6.45, 7) is 1.58. The zero-order valence-corrected chi connectivity index (χ0v) is 10.4. The first kappa shape index (κ1) is 14.1. The molecule has 0 aliphatic carbocycles. The molecule has 0 bridgehead atoms. The van der Waals surface area contributed by atoms with Gasteiger partial charge in [-0.2, -0.15) is 13.2 Å². The summed E-state index contributed by atoms with van der Waals surface area (Å²) in [5, 5.41) is 2.48. The fraction of sp³-hybridized carbons (Fsp3) is 0.154. The fourth-order valence-corrected chi connectivity index (χ4v) is 1.69. The van der Waals surface area contributed by atoms with Crippen LogP contribution in [0.1, 0.15) is 11.1 Å². The summed E-state index contributed by atoms with van der Waals surface area (Å²) in [6.07, 6.45) is -3.33. The molecule has 106 valence electrons. The lowest BCUT2D eigenvalue weighted by molar-refractivity contribution is -0.137. The molecule has 0 saturated carbocycles. The maximum atomic E-state index is 13.3. The van der Waals surface area contributed by atoms with Gasteiger partial charge in [-0.25, -0.2) is 9.37 Å². The van der Waals surface area contributed by atoms with Gasteiger partial charge in [0.25, 0.3) is 0 Å². The molecule has 0 radical (unpaired) electrons. The molecule has 7 heteroatoms. The molecule has 1 heterocycles. The lowest BCUT2D eigenvalue weighted by Gasteiger charge is -2.15. The van der Waals surface area contributed by atoms with E-state index in [9.17, 15) is 17.6 Å². The van der Waals surface area contributed by atoms with Crippen molar-refractivity contribution in [3.05, 3.63) is 47.4 Å². The minimum absolute atomic E-state index is 0.145. The van der Waals surface area contributed by atoms with Crippen LogP contribution in [-0.4, -0.2) is 4.98 Å². The maximum absolute atomic E-state index is 13.3. The molecule has 0 amide bonds. The van der Waals surface area contributed by atoms with Gasteiger partial charge in [-0.3, -0.25) is 0 Å². The van der Waals surface area contributed by atoms with Gasteiger partial charge in [-0.15, -0.1) is 0 Å². The number of pyridine rings is 1. The van der Waals surface area contributed by atoms with Crippen LogP contribution in [0, 0.1) is 12.7 Å². The first-order chi connectivity index (χ1) is 9.29. The molecule has 0 aliphatic rings. The maximum Gasteiger partial charge on any atom is 0.419 e. The van der Waals surface area contributed by atoms with Crippen molar-refractivity contribution in [2.24, 2.45) is 0 Å². The second-order valence-electron chi connectivity index (χ2n) is 4.19. The lowest BCUT2D eigenvalue weighted by Crippen LogP contribution is -2.10. The van der Waals surface area contributed by atoms with E-state index >= 15 is 0 Å². The molecule has 0 unspecified atom stereocenters. The zero-order chi connectivity index (χ0) is 14.9. The van der Waals surface area contributed by atoms with E-state index in [4.69, 9.17) is 5.73 Å². The van der Waals surface area contributed by atoms with Crippen molar-refractivity contribution < 1.29 is 17.6 Å². The predicted molar refractivity (Wildman–Crippen MR) is 68.1 cm³/mol. The first-order valence-corrected chi connectivity index (χ1v) is 5.64. The highest BCUT2D eigenvalue weighted by Gasteiger charge is 2.34. The summed E-state index contributed by atoms with van der Waals surface area (Å²) in [5.41, 5.74) is 5.39. The minimum Gasteiger partial charge on any atom is -0.398 e. The Morgan fingerprint density at radius 3 is 2.60 bits per heavy atom. The molecule has 20 heavy (non-hydrogen) atoms. The third kappa shape index (κ3) is 2.81. The average molecular weight is 285 g/mol. The number of alkyl halides is 3. The minimum atomic E-state index is -4.55. The highest BCUT2D eigenvalue weighted by molar-refractivity contribution is 5.69. The largest absolute Gasteiger partial charge is 0.419 e. The summed E-state index contributed by atoms with van der Waals surface area (Å²) in [7, 11) is 0. The quantitative estimate of drug-likeness (QED) is 0.650. The smallest absolute Gasteiger partial charge is 0.398 e. The Morgan fingerprint density at radius 2 is 1.95 bits per heavy atom. The van der Waals surface area contributed by atoms with E-state index in [1.54, 1.807) is 6.92 Å². The van der Waals surface area contributed by atoms with Crippen molar-refractivity contribution in [2.75, 3.05) is 11.1 Å². The number of nitrogens with zero attached hydrogens (tertiary/aromatic N) is 1. The summed E-state index contributed by atoms with van der Waals surface area (Å²) >= 11 is 0. The Balaban J connectivity index is 2.46. The standard InChI is InChI=1S/C13H11F4N3/c1-7-10(18)5-8(14)6-11(7)20-12-9(13(15,16)17)3-2-4-19-12/h2-6H,18H2,1H3,(H,19,20). The lowest BCUT2D eigenvalue weighted by atomic mass is 10.1. The van der Waals surface area contributed by atoms with Gasteiger partial charge in [0.1, 0.15) is 11.6 Å². The number of rotatable bonds is 2. The second kappa shape index (κ2) is 4.99. The molecular weight excluding hydrogens is 274 g/mol. The molecule has 0 atom stereocenters. The van der Waals surface area contributed by atoms with Gasteiger partial charge in [-0.1, -0.05) is 0 Å². The molecule has 0 spiro atoms. The Hall–Kier alpha value is -2.31. The average Bonchev–Trinajstić information content (AvgIpc) is 2.34. The van der Waals surface area contributed by atoms with Crippen molar-refractivity contribution in [3.63, 3.8) is 0 Å². The SMILES string of the molecule is Cc1c(N)cc(F)cc1Nc1ncccc1C(F)(F)F. The normalized spacial score (nSPS) is 11.4. The molecule has 0 fully saturated rings. The van der Waals surface area contributed by atoms with Crippen molar-refractivity contribution in [2.45, 2.75) is 13.1 Å². The molecule has 0 saturated heterocycles. The van der Waals surface area contributed by atoms with E-state index < -0.39 is 23.4 Å². The van der Waals surface area contributed by atoms with Crippen molar-refractivity contribution in [1.82, 2.24) is 4.98 Å². The Labute approximate surface area is 112 Å². The Kier molecular flexibility index (Phi) is 3.52. The topological polar surface area (TPSA) is 50.9 Å².